The number of hydrogen-bond acceptors (Lipinski definition) is 4. The average molecular weight is 586 g/mol. The molecule has 41 heavy (non-hydrogen) atoms. The lowest BCUT2D eigenvalue weighted by atomic mass is 9.90. The summed E-state index contributed by atoms with van der Waals surface area (Å²) in [6.45, 7) is 5.22. The Morgan fingerprint density at radius 2 is 1.39 bits per heavy atom. The summed E-state index contributed by atoms with van der Waals surface area (Å²) in [6, 6.07) is 12.8. The summed E-state index contributed by atoms with van der Waals surface area (Å²) < 4.78 is 38.8. The zero-order valence-electron chi connectivity index (χ0n) is 25.6. The molecule has 0 aliphatic heterocycles. The Balaban J connectivity index is 2.07. The van der Waals surface area contributed by atoms with E-state index in [9.17, 15) is 17.8 Å². The maximum atomic E-state index is 12.9. The summed E-state index contributed by atoms with van der Waals surface area (Å²) in [5.41, 5.74) is 2.48. The number of carbonyl (C=O) groups excluding carboxylic acids is 1. The van der Waals surface area contributed by atoms with E-state index in [0.29, 0.717) is 29.0 Å². The molecule has 0 saturated heterocycles. The SMILES string of the molecule is CCCCCCCCCCCCCCCc1c(C(C)(C)S(=O)(=O)O)ccc(OC)c1NC(=O)C=Cc1ccccc1. The molecule has 0 aromatic heterocycles. The third-order valence-electron chi connectivity index (χ3n) is 7.79. The Morgan fingerprint density at radius 3 is 1.90 bits per heavy atom. The van der Waals surface area contributed by atoms with E-state index in [2.05, 4.69) is 12.2 Å². The molecule has 0 fully saturated rings. The van der Waals surface area contributed by atoms with Gasteiger partial charge in [-0.05, 0) is 55.5 Å². The molecule has 0 aliphatic rings. The molecule has 0 atom stereocenters. The molecule has 6 nitrogen and oxygen atoms in total. The lowest BCUT2D eigenvalue weighted by molar-refractivity contribution is -0.111. The minimum Gasteiger partial charge on any atom is -0.495 e. The molecule has 2 rings (SSSR count). The summed E-state index contributed by atoms with van der Waals surface area (Å²) in [6.07, 6.45) is 19.7. The zero-order valence-corrected chi connectivity index (χ0v) is 26.4. The lowest BCUT2D eigenvalue weighted by Gasteiger charge is -2.27. The number of amides is 1. The van der Waals surface area contributed by atoms with Crippen LogP contribution in [0.3, 0.4) is 0 Å². The molecule has 1 amide bonds. The highest BCUT2D eigenvalue weighted by atomic mass is 32.2. The number of nitrogens with one attached hydrogen (secondary N) is 1. The molecule has 0 radical (unpaired) electrons. The predicted molar refractivity (Wildman–Crippen MR) is 171 cm³/mol. The second-order valence-corrected chi connectivity index (χ2v) is 13.4. The summed E-state index contributed by atoms with van der Waals surface area (Å²) >= 11 is 0. The van der Waals surface area contributed by atoms with E-state index >= 15 is 0 Å². The third kappa shape index (κ3) is 11.6. The van der Waals surface area contributed by atoms with Crippen LogP contribution in [0.4, 0.5) is 5.69 Å². The molecular weight excluding hydrogens is 534 g/mol. The molecule has 7 heteroatoms. The average Bonchev–Trinajstić information content (AvgIpc) is 2.94. The summed E-state index contributed by atoms with van der Waals surface area (Å²) in [5.74, 6) is 0.103. The highest BCUT2D eigenvalue weighted by Gasteiger charge is 2.37. The normalized spacial score (nSPS) is 12.1. The van der Waals surface area contributed by atoms with Crippen molar-refractivity contribution in [2.45, 2.75) is 115 Å². The van der Waals surface area contributed by atoms with Gasteiger partial charge < -0.3 is 10.1 Å². The van der Waals surface area contributed by atoms with E-state index < -0.39 is 14.9 Å². The van der Waals surface area contributed by atoms with Gasteiger partial charge in [0.05, 0.1) is 12.8 Å². The van der Waals surface area contributed by atoms with Gasteiger partial charge in [-0.25, -0.2) is 0 Å². The molecule has 0 bridgehead atoms. The summed E-state index contributed by atoms with van der Waals surface area (Å²) in [5, 5.41) is 2.93. The van der Waals surface area contributed by atoms with Crippen molar-refractivity contribution in [3.63, 3.8) is 0 Å². The smallest absolute Gasteiger partial charge is 0.274 e. The molecule has 0 unspecified atom stereocenters. The number of rotatable bonds is 20. The van der Waals surface area contributed by atoms with Crippen LogP contribution in [-0.4, -0.2) is 26.0 Å². The van der Waals surface area contributed by atoms with Crippen LogP contribution in [0.2, 0.25) is 0 Å². The standard InChI is InChI=1S/C34H51NO5S/c1-5-6-7-8-9-10-11-12-13-14-15-16-20-23-29-30(34(2,3)41(37,38)39)25-26-31(40-4)33(29)35-32(36)27-24-28-21-18-17-19-22-28/h17-19,21-22,24-27H,5-16,20,23H2,1-4H3,(H,35,36)(H,37,38,39). The Kier molecular flexibility index (Phi) is 15.2. The van der Waals surface area contributed by atoms with Crippen LogP contribution in [0, 0.1) is 0 Å². The van der Waals surface area contributed by atoms with Crippen molar-refractivity contribution < 1.29 is 22.5 Å². The van der Waals surface area contributed by atoms with E-state index in [-0.39, 0.29) is 5.91 Å². The van der Waals surface area contributed by atoms with Crippen molar-refractivity contribution in [2.24, 2.45) is 0 Å². The minimum absolute atomic E-state index is 0.347. The van der Waals surface area contributed by atoms with Gasteiger partial charge in [0, 0.05) is 6.08 Å². The largest absolute Gasteiger partial charge is 0.495 e. The van der Waals surface area contributed by atoms with E-state index in [0.717, 1.165) is 24.8 Å². The second-order valence-electron chi connectivity index (χ2n) is 11.4. The lowest BCUT2D eigenvalue weighted by Crippen LogP contribution is -2.30. The zero-order chi connectivity index (χ0) is 30.1. The van der Waals surface area contributed by atoms with Crippen molar-refractivity contribution >= 4 is 27.8 Å². The third-order valence-corrected chi connectivity index (χ3v) is 9.30. The molecule has 2 aromatic rings. The van der Waals surface area contributed by atoms with Crippen molar-refractivity contribution in [2.75, 3.05) is 12.4 Å². The Bertz CT molecular complexity index is 1190. The fraction of sp³-hybridized carbons (Fsp3) is 0.559. The van der Waals surface area contributed by atoms with Gasteiger partial charge in [0.15, 0.2) is 0 Å². The monoisotopic (exact) mass is 585 g/mol. The molecule has 0 spiro atoms. The van der Waals surface area contributed by atoms with E-state index in [1.165, 1.54) is 91.2 Å². The quantitative estimate of drug-likeness (QED) is 0.0918. The van der Waals surface area contributed by atoms with Gasteiger partial charge in [-0.15, -0.1) is 0 Å². The van der Waals surface area contributed by atoms with Crippen LogP contribution in [0.25, 0.3) is 6.08 Å². The van der Waals surface area contributed by atoms with Gasteiger partial charge in [0.1, 0.15) is 10.5 Å². The second kappa shape index (κ2) is 18.0. The Hall–Kier alpha value is -2.64. The van der Waals surface area contributed by atoms with Gasteiger partial charge in [-0.1, -0.05) is 120 Å². The molecule has 2 aromatic carbocycles. The maximum absolute atomic E-state index is 12.9. The topological polar surface area (TPSA) is 92.7 Å². The van der Waals surface area contributed by atoms with Crippen LogP contribution >= 0.6 is 0 Å². The van der Waals surface area contributed by atoms with Crippen molar-refractivity contribution in [3.05, 3.63) is 65.2 Å². The molecule has 0 saturated carbocycles. The molecule has 228 valence electrons. The van der Waals surface area contributed by atoms with Crippen LogP contribution < -0.4 is 10.1 Å². The molecular formula is C34H51NO5S. The van der Waals surface area contributed by atoms with Crippen LogP contribution in [0.15, 0.2) is 48.5 Å². The van der Waals surface area contributed by atoms with Gasteiger partial charge >= 0.3 is 0 Å². The molecule has 2 N–H and O–H groups in total. The van der Waals surface area contributed by atoms with Gasteiger partial charge in [0.25, 0.3) is 10.1 Å². The van der Waals surface area contributed by atoms with E-state index in [4.69, 9.17) is 4.74 Å². The summed E-state index contributed by atoms with van der Waals surface area (Å²) in [4.78, 5) is 12.9. The van der Waals surface area contributed by atoms with Crippen LogP contribution in [0.1, 0.15) is 121 Å². The highest BCUT2D eigenvalue weighted by molar-refractivity contribution is 7.86. The first-order valence-corrected chi connectivity index (χ1v) is 16.8. The van der Waals surface area contributed by atoms with Gasteiger partial charge in [0.2, 0.25) is 5.91 Å². The van der Waals surface area contributed by atoms with Crippen LogP contribution in [-0.2, 0) is 26.1 Å². The van der Waals surface area contributed by atoms with Crippen molar-refractivity contribution in [3.8, 4) is 5.75 Å². The van der Waals surface area contributed by atoms with Gasteiger partial charge in [-0.2, -0.15) is 8.42 Å². The number of unbranched alkanes of at least 4 members (excludes halogenated alkanes) is 12. The fourth-order valence-electron chi connectivity index (χ4n) is 5.12. The Labute approximate surface area is 248 Å². The predicted octanol–water partition coefficient (Wildman–Crippen LogP) is 9.10. The van der Waals surface area contributed by atoms with Crippen molar-refractivity contribution in [1.29, 1.82) is 0 Å². The number of anilines is 1. The minimum atomic E-state index is -4.41. The summed E-state index contributed by atoms with van der Waals surface area (Å²) in [7, 11) is -2.89. The van der Waals surface area contributed by atoms with Crippen LogP contribution in [0.5, 0.6) is 5.75 Å². The number of ether oxygens (including phenoxy) is 1. The fourth-order valence-corrected chi connectivity index (χ4v) is 5.59. The van der Waals surface area contributed by atoms with E-state index in [1.807, 2.05) is 30.3 Å². The van der Waals surface area contributed by atoms with Gasteiger partial charge in [-0.3, -0.25) is 9.35 Å². The first-order chi connectivity index (χ1) is 19.6. The maximum Gasteiger partial charge on any atom is 0.274 e. The number of methoxy groups -OCH3 is 1. The number of carbonyl (C=O) groups is 1. The Morgan fingerprint density at radius 1 is 0.854 bits per heavy atom. The molecule has 0 aliphatic carbocycles. The highest BCUT2D eigenvalue weighted by Crippen LogP contribution is 2.40. The number of hydrogen-bond donors (Lipinski definition) is 2. The first kappa shape index (κ1) is 34.6. The van der Waals surface area contributed by atoms with E-state index in [1.54, 1.807) is 18.2 Å². The molecule has 0 heterocycles. The first-order valence-electron chi connectivity index (χ1n) is 15.3. The van der Waals surface area contributed by atoms with Crippen molar-refractivity contribution in [1.82, 2.24) is 0 Å². The number of benzene rings is 2.